The average molecular weight is 290 g/mol. The maximum atomic E-state index is 13.5. The summed E-state index contributed by atoms with van der Waals surface area (Å²) in [6, 6.07) is 4.89. The Morgan fingerprint density at radius 2 is 2.05 bits per heavy atom. The molecular weight excluding hydrogens is 280 g/mol. The van der Waals surface area contributed by atoms with Crippen LogP contribution in [0.2, 0.25) is 0 Å². The fraction of sp³-hybridized carbons (Fsp3) is 0.333. The van der Waals surface area contributed by atoms with Crippen molar-refractivity contribution in [2.45, 2.75) is 25.2 Å². The van der Waals surface area contributed by atoms with Gasteiger partial charge in [-0.1, -0.05) is 6.07 Å². The van der Waals surface area contributed by atoms with Crippen molar-refractivity contribution in [1.82, 2.24) is 5.32 Å². The first kappa shape index (κ1) is 15.9. The topological polar surface area (TPSA) is 73.1 Å². The monoisotopic (exact) mass is 290 g/mol. The summed E-state index contributed by atoms with van der Waals surface area (Å²) >= 11 is 0. The zero-order valence-corrected chi connectivity index (χ0v) is 10.3. The fourth-order valence-electron chi connectivity index (χ4n) is 1.33. The van der Waals surface area contributed by atoms with Crippen molar-refractivity contribution < 1.29 is 27.5 Å². The molecule has 0 aliphatic carbocycles. The highest BCUT2D eigenvalue weighted by molar-refractivity contribution is 5.79. The molecule has 1 rings (SSSR count). The second-order valence-corrected chi connectivity index (χ2v) is 4.20. The van der Waals surface area contributed by atoms with Crippen molar-refractivity contribution in [3.63, 3.8) is 0 Å². The van der Waals surface area contributed by atoms with Gasteiger partial charge in [0.2, 0.25) is 5.54 Å². The molecule has 0 aliphatic heterocycles. The molecule has 1 atom stereocenters. The van der Waals surface area contributed by atoms with Crippen LogP contribution in [0.4, 0.5) is 17.6 Å². The van der Waals surface area contributed by atoms with Gasteiger partial charge < -0.3 is 5.11 Å². The zero-order chi connectivity index (χ0) is 15.6. The van der Waals surface area contributed by atoms with E-state index in [1.54, 1.807) is 11.4 Å². The minimum atomic E-state index is -5.04. The van der Waals surface area contributed by atoms with E-state index in [1.165, 1.54) is 6.07 Å². The molecule has 0 aromatic heterocycles. The van der Waals surface area contributed by atoms with Gasteiger partial charge in [0.05, 0.1) is 11.6 Å². The molecule has 2 N–H and O–H groups in total. The van der Waals surface area contributed by atoms with Gasteiger partial charge in [-0.05, 0) is 19.1 Å². The first-order valence-electron chi connectivity index (χ1n) is 5.35. The van der Waals surface area contributed by atoms with E-state index in [2.05, 4.69) is 0 Å². The van der Waals surface area contributed by atoms with Crippen LogP contribution in [0.25, 0.3) is 0 Å². The molecule has 0 aliphatic rings. The van der Waals surface area contributed by atoms with Crippen molar-refractivity contribution in [3.05, 3.63) is 35.1 Å². The number of carboxylic acid groups (broad SMARTS) is 1. The van der Waals surface area contributed by atoms with Gasteiger partial charge in [0.1, 0.15) is 5.82 Å². The molecule has 0 bridgehead atoms. The number of alkyl halides is 3. The van der Waals surface area contributed by atoms with Crippen LogP contribution >= 0.6 is 0 Å². The van der Waals surface area contributed by atoms with Crippen LogP contribution in [-0.2, 0) is 11.3 Å². The van der Waals surface area contributed by atoms with E-state index < -0.39 is 30.0 Å². The van der Waals surface area contributed by atoms with Crippen LogP contribution in [-0.4, -0.2) is 22.8 Å². The van der Waals surface area contributed by atoms with E-state index in [0.717, 1.165) is 12.1 Å². The van der Waals surface area contributed by atoms with Gasteiger partial charge in [-0.25, -0.2) is 9.18 Å². The van der Waals surface area contributed by atoms with Crippen molar-refractivity contribution >= 4 is 5.97 Å². The van der Waals surface area contributed by atoms with Crippen molar-refractivity contribution in [2.75, 3.05) is 0 Å². The van der Waals surface area contributed by atoms with E-state index in [1.807, 2.05) is 0 Å². The third-order valence-electron chi connectivity index (χ3n) is 2.81. The molecule has 0 saturated carbocycles. The van der Waals surface area contributed by atoms with E-state index >= 15 is 0 Å². The number of hydrogen-bond acceptors (Lipinski definition) is 3. The fourth-order valence-corrected chi connectivity index (χ4v) is 1.33. The maximum Gasteiger partial charge on any atom is 0.417 e. The molecule has 0 saturated heterocycles. The zero-order valence-electron chi connectivity index (χ0n) is 10.3. The van der Waals surface area contributed by atoms with Crippen LogP contribution in [0.5, 0.6) is 0 Å². The Balaban J connectivity index is 2.95. The standard InChI is InChI=1S/C12H10F4N2O2/c1-11(10(19)20,12(14,15)16)18-6-8-3-2-7(5-17)4-9(8)13/h2-4,18H,6H2,1H3,(H,19,20). The van der Waals surface area contributed by atoms with Gasteiger partial charge in [0, 0.05) is 12.1 Å². The Morgan fingerprint density at radius 3 is 2.45 bits per heavy atom. The molecule has 0 spiro atoms. The summed E-state index contributed by atoms with van der Waals surface area (Å²) in [4.78, 5) is 10.8. The number of nitriles is 1. The molecule has 0 radical (unpaired) electrons. The number of carbonyl (C=O) groups is 1. The quantitative estimate of drug-likeness (QED) is 0.834. The Kier molecular flexibility index (Phi) is 4.35. The number of benzene rings is 1. The van der Waals surface area contributed by atoms with Gasteiger partial charge in [-0.3, -0.25) is 5.32 Å². The first-order chi connectivity index (χ1) is 9.11. The largest absolute Gasteiger partial charge is 0.480 e. The number of nitrogens with one attached hydrogen (secondary N) is 1. The molecule has 1 aromatic carbocycles. The highest BCUT2D eigenvalue weighted by Crippen LogP contribution is 2.30. The summed E-state index contributed by atoms with van der Waals surface area (Å²) < 4.78 is 51.6. The summed E-state index contributed by atoms with van der Waals surface area (Å²) in [6.45, 7) is -0.184. The van der Waals surface area contributed by atoms with Gasteiger partial charge in [0.25, 0.3) is 0 Å². The maximum absolute atomic E-state index is 13.5. The predicted molar refractivity (Wildman–Crippen MR) is 60.1 cm³/mol. The Morgan fingerprint density at radius 1 is 1.45 bits per heavy atom. The van der Waals surface area contributed by atoms with Crippen LogP contribution in [0.3, 0.4) is 0 Å². The lowest BCUT2D eigenvalue weighted by Crippen LogP contribution is -2.59. The second kappa shape index (κ2) is 5.46. The molecule has 1 aromatic rings. The smallest absolute Gasteiger partial charge is 0.417 e. The number of nitrogens with zero attached hydrogens (tertiary/aromatic N) is 1. The second-order valence-electron chi connectivity index (χ2n) is 4.20. The summed E-state index contributed by atoms with van der Waals surface area (Å²) in [5.41, 5.74) is -3.34. The summed E-state index contributed by atoms with van der Waals surface area (Å²) in [7, 11) is 0. The lowest BCUT2D eigenvalue weighted by atomic mass is 10.0. The lowest BCUT2D eigenvalue weighted by Gasteiger charge is -2.28. The van der Waals surface area contributed by atoms with Gasteiger partial charge in [0.15, 0.2) is 0 Å². The molecule has 20 heavy (non-hydrogen) atoms. The molecule has 8 heteroatoms. The number of carboxylic acids is 1. The molecular formula is C12H10F4N2O2. The van der Waals surface area contributed by atoms with Crippen molar-refractivity contribution in [2.24, 2.45) is 0 Å². The van der Waals surface area contributed by atoms with Crippen LogP contribution in [0.15, 0.2) is 18.2 Å². The first-order valence-corrected chi connectivity index (χ1v) is 5.35. The van der Waals surface area contributed by atoms with Gasteiger partial charge in [-0.15, -0.1) is 0 Å². The van der Waals surface area contributed by atoms with Gasteiger partial charge in [-0.2, -0.15) is 18.4 Å². The summed E-state index contributed by atoms with van der Waals surface area (Å²) in [6.07, 6.45) is -5.04. The van der Waals surface area contributed by atoms with Crippen molar-refractivity contribution in [1.29, 1.82) is 5.26 Å². The van der Waals surface area contributed by atoms with Crippen LogP contribution in [0, 0.1) is 17.1 Å². The van der Waals surface area contributed by atoms with Crippen LogP contribution in [0.1, 0.15) is 18.1 Å². The number of hydrogen-bond donors (Lipinski definition) is 2. The molecule has 1 unspecified atom stereocenters. The predicted octanol–water partition coefficient (Wildman–Crippen LogP) is 2.19. The average Bonchev–Trinajstić information content (AvgIpc) is 2.35. The normalized spacial score (nSPS) is 14.4. The Hall–Kier alpha value is -2.14. The third-order valence-corrected chi connectivity index (χ3v) is 2.81. The number of halogens is 4. The number of aliphatic carboxylic acids is 1. The van der Waals surface area contributed by atoms with Crippen LogP contribution < -0.4 is 5.32 Å². The molecule has 0 fully saturated rings. The van der Waals surface area contributed by atoms with E-state index in [4.69, 9.17) is 10.4 Å². The van der Waals surface area contributed by atoms with Crippen molar-refractivity contribution in [3.8, 4) is 6.07 Å². The van der Waals surface area contributed by atoms with E-state index in [-0.39, 0.29) is 11.1 Å². The summed E-state index contributed by atoms with van der Waals surface area (Å²) in [5, 5.41) is 19.0. The highest BCUT2D eigenvalue weighted by atomic mass is 19.4. The van der Waals surface area contributed by atoms with E-state index in [9.17, 15) is 22.4 Å². The van der Waals surface area contributed by atoms with E-state index in [0.29, 0.717) is 6.92 Å². The SMILES string of the molecule is CC(NCc1ccc(C#N)cc1F)(C(=O)O)C(F)(F)F. The molecule has 0 amide bonds. The lowest BCUT2D eigenvalue weighted by molar-refractivity contribution is -0.206. The van der Waals surface area contributed by atoms with Gasteiger partial charge >= 0.3 is 12.1 Å². The highest BCUT2D eigenvalue weighted by Gasteiger charge is 2.57. The molecule has 4 nitrogen and oxygen atoms in total. The molecule has 0 heterocycles. The number of rotatable bonds is 4. The summed E-state index contributed by atoms with van der Waals surface area (Å²) in [5.74, 6) is -2.99. The third kappa shape index (κ3) is 3.05. The molecule has 108 valence electrons. The Labute approximate surface area is 111 Å². The minimum absolute atomic E-state index is 0.0167. The minimum Gasteiger partial charge on any atom is -0.480 e. The Bertz CT molecular complexity index is 566.